The van der Waals surface area contributed by atoms with Crippen molar-refractivity contribution in [1.29, 1.82) is 0 Å². The van der Waals surface area contributed by atoms with Crippen LogP contribution in [0.4, 0.5) is 0 Å². The maximum Gasteiger partial charge on any atom is 0.319 e. The van der Waals surface area contributed by atoms with Crippen LogP contribution in [0.5, 0.6) is 5.75 Å². The molecule has 9 nitrogen and oxygen atoms in total. The molecule has 0 saturated carbocycles. The molecule has 0 spiro atoms. The Bertz CT molecular complexity index is 682. The van der Waals surface area contributed by atoms with Crippen LogP contribution in [0.3, 0.4) is 0 Å². The number of rotatable bonds is 12. The number of hydrazine groups is 1. The highest BCUT2D eigenvalue weighted by molar-refractivity contribution is 5.72. The summed E-state index contributed by atoms with van der Waals surface area (Å²) in [6.07, 6.45) is 3.45. The van der Waals surface area contributed by atoms with Gasteiger partial charge in [-0.2, -0.15) is 0 Å². The van der Waals surface area contributed by atoms with E-state index in [0.717, 1.165) is 5.75 Å². The maximum atomic E-state index is 11.3. The highest BCUT2D eigenvalue weighted by Gasteiger charge is 2.31. The maximum absolute atomic E-state index is 11.3. The fourth-order valence-corrected chi connectivity index (χ4v) is 3.91. The molecule has 9 heteroatoms. The Labute approximate surface area is 175 Å². The van der Waals surface area contributed by atoms with Gasteiger partial charge in [0.2, 0.25) is 0 Å². The summed E-state index contributed by atoms with van der Waals surface area (Å²) in [5, 5.41) is 30.8. The minimum absolute atomic E-state index is 0.00734. The van der Waals surface area contributed by atoms with Gasteiger partial charge in [0.25, 0.3) is 0 Å². The van der Waals surface area contributed by atoms with Crippen molar-refractivity contribution in [2.75, 3.05) is 26.2 Å². The van der Waals surface area contributed by atoms with Gasteiger partial charge in [-0.15, -0.1) is 0 Å². The number of ether oxygens (including phenoxy) is 1. The number of aliphatic carboxylic acids is 3. The van der Waals surface area contributed by atoms with Gasteiger partial charge in [-0.1, -0.05) is 18.2 Å². The lowest BCUT2D eigenvalue weighted by Crippen LogP contribution is -2.52. The van der Waals surface area contributed by atoms with Crippen molar-refractivity contribution in [2.24, 2.45) is 5.92 Å². The highest BCUT2D eigenvalue weighted by Crippen LogP contribution is 2.28. The Morgan fingerprint density at radius 2 is 1.63 bits per heavy atom. The van der Waals surface area contributed by atoms with Crippen LogP contribution in [-0.2, 0) is 14.4 Å². The molecule has 1 fully saturated rings. The van der Waals surface area contributed by atoms with E-state index in [0.29, 0.717) is 45.3 Å². The summed E-state index contributed by atoms with van der Waals surface area (Å²) in [6.45, 7) is 0.104. The lowest BCUT2D eigenvalue weighted by Gasteiger charge is -2.38. The summed E-state index contributed by atoms with van der Waals surface area (Å²) in [5.74, 6) is -2.29. The first-order valence-electron chi connectivity index (χ1n) is 10.2. The molecule has 2 atom stereocenters. The van der Waals surface area contributed by atoms with Gasteiger partial charge in [0.05, 0.1) is 6.61 Å². The molecule has 0 aliphatic carbocycles. The average molecular weight is 422 g/mol. The molecule has 2 rings (SSSR count). The van der Waals surface area contributed by atoms with Crippen molar-refractivity contribution in [3.63, 3.8) is 0 Å². The van der Waals surface area contributed by atoms with E-state index in [4.69, 9.17) is 9.84 Å². The SMILES string of the molecule is O=C(O)CC1CCC(CCCOc2ccccc2)N(N(CC(=O)O)CC(=O)O)CC1. The van der Waals surface area contributed by atoms with Crippen LogP contribution in [0.25, 0.3) is 0 Å². The summed E-state index contributed by atoms with van der Waals surface area (Å²) >= 11 is 0. The first-order chi connectivity index (χ1) is 14.3. The second kappa shape index (κ2) is 12.1. The Balaban J connectivity index is 2.03. The Hall–Kier alpha value is -2.65. The van der Waals surface area contributed by atoms with Crippen LogP contribution in [0.2, 0.25) is 0 Å². The van der Waals surface area contributed by atoms with Crippen LogP contribution in [0, 0.1) is 5.92 Å². The van der Waals surface area contributed by atoms with Crippen molar-refractivity contribution in [3.05, 3.63) is 30.3 Å². The van der Waals surface area contributed by atoms with Gasteiger partial charge in [0.1, 0.15) is 18.8 Å². The molecule has 2 unspecified atom stereocenters. The number of hydrogen-bond donors (Lipinski definition) is 3. The Morgan fingerprint density at radius 3 is 2.23 bits per heavy atom. The van der Waals surface area contributed by atoms with Crippen LogP contribution >= 0.6 is 0 Å². The smallest absolute Gasteiger partial charge is 0.319 e. The third kappa shape index (κ3) is 8.38. The molecule has 0 radical (unpaired) electrons. The van der Waals surface area contributed by atoms with E-state index in [-0.39, 0.29) is 18.4 Å². The minimum atomic E-state index is -1.10. The van der Waals surface area contributed by atoms with Crippen LogP contribution in [0.1, 0.15) is 38.5 Å². The standard InChI is InChI=1S/C21H30N2O7/c24-19(25)13-16-8-9-17(5-4-12-30-18-6-2-1-3-7-18)23(11-10-16)22(14-20(26)27)15-21(28)29/h1-3,6-7,16-17H,4-5,8-15H2,(H,24,25)(H,26,27)(H,28,29). The molecule has 0 aromatic heterocycles. The van der Waals surface area contributed by atoms with Gasteiger partial charge < -0.3 is 20.1 Å². The van der Waals surface area contributed by atoms with E-state index in [1.165, 1.54) is 5.01 Å². The number of carboxylic acid groups (broad SMARTS) is 3. The zero-order valence-corrected chi connectivity index (χ0v) is 17.0. The zero-order valence-electron chi connectivity index (χ0n) is 17.0. The van der Waals surface area contributed by atoms with E-state index in [1.54, 1.807) is 0 Å². The van der Waals surface area contributed by atoms with Crippen molar-refractivity contribution in [3.8, 4) is 5.75 Å². The normalized spacial score (nSPS) is 19.9. The highest BCUT2D eigenvalue weighted by atomic mass is 16.5. The molecular formula is C21H30N2O7. The number of nitrogens with zero attached hydrogens (tertiary/aromatic N) is 2. The average Bonchev–Trinajstić information content (AvgIpc) is 2.87. The monoisotopic (exact) mass is 422 g/mol. The van der Waals surface area contributed by atoms with Gasteiger partial charge in [-0.3, -0.25) is 14.4 Å². The first kappa shape index (κ1) is 23.6. The molecule has 1 heterocycles. The number of hydrogen-bond acceptors (Lipinski definition) is 6. The van der Waals surface area contributed by atoms with Gasteiger partial charge in [0, 0.05) is 19.0 Å². The van der Waals surface area contributed by atoms with E-state index < -0.39 is 31.0 Å². The molecule has 1 aromatic rings. The molecule has 1 aliphatic rings. The second-order valence-electron chi connectivity index (χ2n) is 7.56. The Kier molecular flexibility index (Phi) is 9.56. The lowest BCUT2D eigenvalue weighted by atomic mass is 9.95. The summed E-state index contributed by atoms with van der Waals surface area (Å²) in [7, 11) is 0. The summed E-state index contributed by atoms with van der Waals surface area (Å²) in [5.41, 5.74) is 0. The topological polar surface area (TPSA) is 128 Å². The van der Waals surface area contributed by atoms with Crippen LogP contribution in [-0.4, -0.2) is 75.5 Å². The van der Waals surface area contributed by atoms with Crippen molar-refractivity contribution < 1.29 is 34.4 Å². The quantitative estimate of drug-likeness (QED) is 0.434. The van der Waals surface area contributed by atoms with Crippen molar-refractivity contribution in [1.82, 2.24) is 10.0 Å². The molecule has 166 valence electrons. The number of para-hydroxylation sites is 1. The lowest BCUT2D eigenvalue weighted by molar-refractivity contribution is -0.155. The van der Waals surface area contributed by atoms with E-state index in [2.05, 4.69) is 0 Å². The number of benzene rings is 1. The third-order valence-electron chi connectivity index (χ3n) is 5.25. The number of carboxylic acids is 3. The predicted octanol–water partition coefficient (Wildman–Crippen LogP) is 2.18. The molecule has 1 aromatic carbocycles. The van der Waals surface area contributed by atoms with E-state index in [9.17, 15) is 24.6 Å². The van der Waals surface area contributed by atoms with Gasteiger partial charge in [-0.05, 0) is 50.2 Å². The minimum Gasteiger partial charge on any atom is -0.494 e. The summed E-state index contributed by atoms with van der Waals surface area (Å²) in [4.78, 5) is 33.7. The predicted molar refractivity (Wildman–Crippen MR) is 108 cm³/mol. The van der Waals surface area contributed by atoms with Crippen molar-refractivity contribution >= 4 is 17.9 Å². The molecule has 0 bridgehead atoms. The summed E-state index contributed by atoms with van der Waals surface area (Å²) in [6, 6.07) is 9.36. The second-order valence-corrected chi connectivity index (χ2v) is 7.56. The molecule has 30 heavy (non-hydrogen) atoms. The Morgan fingerprint density at radius 1 is 0.967 bits per heavy atom. The van der Waals surface area contributed by atoms with Gasteiger partial charge in [0.15, 0.2) is 0 Å². The molecule has 1 saturated heterocycles. The fourth-order valence-electron chi connectivity index (χ4n) is 3.91. The van der Waals surface area contributed by atoms with Gasteiger partial charge >= 0.3 is 17.9 Å². The van der Waals surface area contributed by atoms with Gasteiger partial charge in [-0.25, -0.2) is 10.0 Å². The molecular weight excluding hydrogens is 392 g/mol. The fraction of sp³-hybridized carbons (Fsp3) is 0.571. The van der Waals surface area contributed by atoms with Crippen LogP contribution in [0.15, 0.2) is 30.3 Å². The molecule has 3 N–H and O–H groups in total. The van der Waals surface area contributed by atoms with Crippen LogP contribution < -0.4 is 4.74 Å². The zero-order chi connectivity index (χ0) is 21.9. The summed E-state index contributed by atoms with van der Waals surface area (Å²) < 4.78 is 5.73. The molecule has 1 aliphatic heterocycles. The van der Waals surface area contributed by atoms with E-state index in [1.807, 2.05) is 35.3 Å². The molecule has 0 amide bonds. The first-order valence-corrected chi connectivity index (χ1v) is 10.2. The van der Waals surface area contributed by atoms with Crippen molar-refractivity contribution in [2.45, 2.75) is 44.6 Å². The van der Waals surface area contributed by atoms with E-state index >= 15 is 0 Å². The largest absolute Gasteiger partial charge is 0.494 e. The third-order valence-corrected chi connectivity index (χ3v) is 5.25. The number of carbonyl (C=O) groups is 3.